The molecule has 1 aromatic heterocycles. The smallest absolute Gasteiger partial charge is 0.338 e. The molecule has 9 nitrogen and oxygen atoms in total. The maximum Gasteiger partial charge on any atom is 0.338 e. The van der Waals surface area contributed by atoms with Gasteiger partial charge in [-0.25, -0.2) is 4.79 Å². The Morgan fingerprint density at radius 2 is 1.94 bits per heavy atom. The Labute approximate surface area is 183 Å². The number of nitro groups is 1. The van der Waals surface area contributed by atoms with Crippen molar-refractivity contribution in [3.8, 4) is 11.3 Å². The summed E-state index contributed by atoms with van der Waals surface area (Å²) in [4.78, 5) is 35.1. The van der Waals surface area contributed by atoms with Crippen LogP contribution in [0.3, 0.4) is 0 Å². The van der Waals surface area contributed by atoms with Crippen molar-refractivity contribution in [1.29, 1.82) is 0 Å². The van der Waals surface area contributed by atoms with Crippen molar-refractivity contribution < 1.29 is 28.4 Å². The lowest BCUT2D eigenvalue weighted by Gasteiger charge is -2.10. The molecule has 1 saturated heterocycles. The summed E-state index contributed by atoms with van der Waals surface area (Å²) in [7, 11) is 0. The predicted octanol–water partition coefficient (Wildman–Crippen LogP) is 4.44. The molecular weight excluding hydrogens is 416 g/mol. The third-order valence-electron chi connectivity index (χ3n) is 4.97. The van der Waals surface area contributed by atoms with Gasteiger partial charge in [0.25, 0.3) is 11.6 Å². The molecule has 0 bridgehead atoms. The van der Waals surface area contributed by atoms with Crippen molar-refractivity contribution in [3.05, 3.63) is 82.1 Å². The molecule has 9 heteroatoms. The first-order valence-electron chi connectivity index (χ1n) is 10.0. The molecule has 4 rings (SSSR count). The molecule has 3 aromatic rings. The number of amides is 1. The second kappa shape index (κ2) is 9.44. The number of carbonyl (C=O) groups is 2. The minimum atomic E-state index is -0.498. The molecule has 1 aliphatic rings. The molecule has 1 fully saturated rings. The van der Waals surface area contributed by atoms with Gasteiger partial charge in [0.2, 0.25) is 0 Å². The van der Waals surface area contributed by atoms with Gasteiger partial charge in [0.1, 0.15) is 12.4 Å². The first-order chi connectivity index (χ1) is 15.5. The van der Waals surface area contributed by atoms with Gasteiger partial charge in [-0.2, -0.15) is 0 Å². The Bertz CT molecular complexity index is 1130. The number of non-ortho nitro benzene ring substituents is 1. The van der Waals surface area contributed by atoms with E-state index in [1.54, 1.807) is 42.5 Å². The highest BCUT2D eigenvalue weighted by molar-refractivity contribution is 6.02. The maximum absolute atomic E-state index is 12.5. The maximum atomic E-state index is 12.5. The third kappa shape index (κ3) is 5.01. The van der Waals surface area contributed by atoms with Crippen molar-refractivity contribution in [2.24, 2.45) is 0 Å². The van der Waals surface area contributed by atoms with E-state index in [-0.39, 0.29) is 24.2 Å². The van der Waals surface area contributed by atoms with E-state index in [0.717, 1.165) is 12.8 Å². The number of ether oxygens (including phenoxy) is 2. The number of rotatable bonds is 7. The molecular formula is C23H20N2O7. The summed E-state index contributed by atoms with van der Waals surface area (Å²) < 4.78 is 16.2. The number of carbonyl (C=O) groups excluding carboxylic acids is 2. The molecule has 32 heavy (non-hydrogen) atoms. The molecule has 0 spiro atoms. The average Bonchev–Trinajstić information content (AvgIpc) is 3.50. The highest BCUT2D eigenvalue weighted by Gasteiger charge is 2.18. The summed E-state index contributed by atoms with van der Waals surface area (Å²) in [6, 6.07) is 15.3. The molecule has 2 aromatic carbocycles. The summed E-state index contributed by atoms with van der Waals surface area (Å²) in [5.74, 6) is -0.559. The normalized spacial score (nSPS) is 15.3. The Hall–Kier alpha value is -3.98. The lowest BCUT2D eigenvalue weighted by Crippen LogP contribution is -2.18. The van der Waals surface area contributed by atoms with Gasteiger partial charge in [-0.15, -0.1) is 0 Å². The SMILES string of the molecule is O=C(OCC1CCCO1)c1ccc(NC(=O)c2ccc(-c3cccc([N+](=O)[O-])c3)o2)cc1. The number of benzene rings is 2. The topological polar surface area (TPSA) is 121 Å². The molecule has 0 saturated carbocycles. The zero-order valence-electron chi connectivity index (χ0n) is 17.0. The molecule has 0 aliphatic carbocycles. The fourth-order valence-electron chi connectivity index (χ4n) is 3.30. The van der Waals surface area contributed by atoms with Crippen LogP contribution < -0.4 is 5.32 Å². The van der Waals surface area contributed by atoms with Crippen LogP contribution in [0.1, 0.15) is 33.8 Å². The van der Waals surface area contributed by atoms with Crippen LogP contribution in [0.25, 0.3) is 11.3 Å². The van der Waals surface area contributed by atoms with Gasteiger partial charge in [-0.1, -0.05) is 12.1 Å². The Morgan fingerprint density at radius 3 is 2.66 bits per heavy atom. The summed E-state index contributed by atoms with van der Waals surface area (Å²) in [6.45, 7) is 0.918. The molecule has 1 unspecified atom stereocenters. The lowest BCUT2D eigenvalue weighted by atomic mass is 10.1. The van der Waals surface area contributed by atoms with Gasteiger partial charge >= 0.3 is 5.97 Å². The second-order valence-electron chi connectivity index (χ2n) is 7.24. The van der Waals surface area contributed by atoms with E-state index in [1.807, 2.05) is 0 Å². The van der Waals surface area contributed by atoms with Crippen LogP contribution in [0.4, 0.5) is 11.4 Å². The van der Waals surface area contributed by atoms with E-state index in [2.05, 4.69) is 5.32 Å². The van der Waals surface area contributed by atoms with E-state index < -0.39 is 16.8 Å². The van der Waals surface area contributed by atoms with Crippen LogP contribution in [0.15, 0.2) is 65.1 Å². The quantitative estimate of drug-likeness (QED) is 0.330. The molecule has 1 N–H and O–H groups in total. The van der Waals surface area contributed by atoms with Crippen molar-refractivity contribution >= 4 is 23.3 Å². The fraction of sp³-hybridized carbons (Fsp3) is 0.217. The Morgan fingerprint density at radius 1 is 1.12 bits per heavy atom. The standard InChI is InChI=1S/C23H20N2O7/c26-22(21-11-10-20(32-21)16-3-1-4-18(13-16)25(28)29)24-17-8-6-15(7-9-17)23(27)31-14-19-5-2-12-30-19/h1,3-4,6-11,13,19H,2,5,12,14H2,(H,24,26). The molecule has 164 valence electrons. The first-order valence-corrected chi connectivity index (χ1v) is 10.0. The van der Waals surface area contributed by atoms with Crippen LogP contribution >= 0.6 is 0 Å². The average molecular weight is 436 g/mol. The van der Waals surface area contributed by atoms with Gasteiger partial charge in [0.15, 0.2) is 5.76 Å². The molecule has 1 atom stereocenters. The van der Waals surface area contributed by atoms with Gasteiger partial charge < -0.3 is 19.2 Å². The van der Waals surface area contributed by atoms with E-state index >= 15 is 0 Å². The number of nitro benzene ring substituents is 1. The Balaban J connectivity index is 1.36. The van der Waals surface area contributed by atoms with Crippen LogP contribution in [0, 0.1) is 10.1 Å². The number of anilines is 1. The lowest BCUT2D eigenvalue weighted by molar-refractivity contribution is -0.384. The molecule has 1 aliphatic heterocycles. The zero-order chi connectivity index (χ0) is 22.5. The first kappa shape index (κ1) is 21.3. The highest BCUT2D eigenvalue weighted by Crippen LogP contribution is 2.26. The fourth-order valence-corrected chi connectivity index (χ4v) is 3.30. The molecule has 0 radical (unpaired) electrons. The summed E-state index contributed by atoms with van der Waals surface area (Å²) in [5.41, 5.74) is 1.26. The van der Waals surface area contributed by atoms with Gasteiger partial charge in [0.05, 0.1) is 16.6 Å². The van der Waals surface area contributed by atoms with Crippen molar-refractivity contribution in [2.45, 2.75) is 18.9 Å². The van der Waals surface area contributed by atoms with Crippen molar-refractivity contribution in [1.82, 2.24) is 0 Å². The van der Waals surface area contributed by atoms with E-state index in [4.69, 9.17) is 13.9 Å². The van der Waals surface area contributed by atoms with Crippen molar-refractivity contribution in [3.63, 3.8) is 0 Å². The number of hydrogen-bond donors (Lipinski definition) is 1. The van der Waals surface area contributed by atoms with Crippen LogP contribution in [0.5, 0.6) is 0 Å². The number of nitrogens with zero attached hydrogens (tertiary/aromatic N) is 1. The van der Waals surface area contributed by atoms with Crippen LogP contribution in [0.2, 0.25) is 0 Å². The Kier molecular flexibility index (Phi) is 6.27. The monoisotopic (exact) mass is 436 g/mol. The number of hydrogen-bond acceptors (Lipinski definition) is 7. The highest BCUT2D eigenvalue weighted by atomic mass is 16.6. The van der Waals surface area contributed by atoms with Crippen LogP contribution in [-0.4, -0.2) is 36.1 Å². The van der Waals surface area contributed by atoms with E-state index in [9.17, 15) is 19.7 Å². The largest absolute Gasteiger partial charge is 0.459 e. The molecule has 1 amide bonds. The van der Waals surface area contributed by atoms with Crippen molar-refractivity contribution in [2.75, 3.05) is 18.5 Å². The van der Waals surface area contributed by atoms with Gasteiger partial charge in [-0.3, -0.25) is 14.9 Å². The number of esters is 1. The number of furan rings is 1. The third-order valence-corrected chi connectivity index (χ3v) is 4.97. The second-order valence-corrected chi connectivity index (χ2v) is 7.24. The number of nitrogens with one attached hydrogen (secondary N) is 1. The molecule has 2 heterocycles. The van der Waals surface area contributed by atoms with Gasteiger partial charge in [0, 0.05) is 30.0 Å². The summed E-state index contributed by atoms with van der Waals surface area (Å²) in [5, 5.41) is 13.6. The van der Waals surface area contributed by atoms with E-state index in [0.29, 0.717) is 29.2 Å². The minimum Gasteiger partial charge on any atom is -0.459 e. The summed E-state index contributed by atoms with van der Waals surface area (Å²) >= 11 is 0. The predicted molar refractivity (Wildman–Crippen MR) is 114 cm³/mol. The summed E-state index contributed by atoms with van der Waals surface area (Å²) in [6.07, 6.45) is 1.81. The zero-order valence-corrected chi connectivity index (χ0v) is 17.0. The van der Waals surface area contributed by atoms with E-state index in [1.165, 1.54) is 18.2 Å². The van der Waals surface area contributed by atoms with Crippen LogP contribution in [-0.2, 0) is 9.47 Å². The minimum absolute atomic E-state index is 0.0438. The van der Waals surface area contributed by atoms with Gasteiger partial charge in [-0.05, 0) is 49.2 Å².